The van der Waals surface area contributed by atoms with Gasteiger partial charge in [0, 0.05) is 24.0 Å². The van der Waals surface area contributed by atoms with E-state index in [0.29, 0.717) is 22.3 Å². The van der Waals surface area contributed by atoms with Crippen molar-refractivity contribution in [3.05, 3.63) is 93.7 Å². The predicted octanol–water partition coefficient (Wildman–Crippen LogP) is 5.21. The Balaban J connectivity index is 1.75. The SMILES string of the molecule is Cc1ccc(NC(C(=O)NCCc2ccncc2)c2ccc(Cl)cc2)c(Cl)c1. The third-order valence-electron chi connectivity index (χ3n) is 4.35. The van der Waals surface area contributed by atoms with Crippen molar-refractivity contribution >= 4 is 34.8 Å². The molecule has 3 rings (SSSR count). The van der Waals surface area contributed by atoms with Crippen LogP contribution in [0, 0.1) is 6.92 Å². The highest BCUT2D eigenvalue weighted by atomic mass is 35.5. The van der Waals surface area contributed by atoms with Gasteiger partial charge in [-0.25, -0.2) is 0 Å². The number of benzene rings is 2. The van der Waals surface area contributed by atoms with Gasteiger partial charge in [0.25, 0.3) is 0 Å². The van der Waals surface area contributed by atoms with Crippen molar-refractivity contribution in [1.29, 1.82) is 0 Å². The topological polar surface area (TPSA) is 54.0 Å². The smallest absolute Gasteiger partial charge is 0.247 e. The zero-order chi connectivity index (χ0) is 19.9. The van der Waals surface area contributed by atoms with Crippen LogP contribution in [0.4, 0.5) is 5.69 Å². The fourth-order valence-electron chi connectivity index (χ4n) is 2.83. The van der Waals surface area contributed by atoms with Gasteiger partial charge in [-0.05, 0) is 66.4 Å². The Kier molecular flexibility index (Phi) is 6.90. The second-order valence-electron chi connectivity index (χ2n) is 6.51. The van der Waals surface area contributed by atoms with Crippen LogP contribution in [-0.4, -0.2) is 17.4 Å². The molecule has 1 amide bonds. The van der Waals surface area contributed by atoms with Crippen molar-refractivity contribution in [3.8, 4) is 0 Å². The van der Waals surface area contributed by atoms with Crippen LogP contribution in [0.3, 0.4) is 0 Å². The Bertz CT molecular complexity index is 930. The molecular weight excluding hydrogens is 393 g/mol. The molecule has 1 aromatic heterocycles. The molecule has 0 radical (unpaired) electrons. The molecule has 1 atom stereocenters. The van der Waals surface area contributed by atoms with Gasteiger partial charge < -0.3 is 10.6 Å². The number of hydrogen-bond acceptors (Lipinski definition) is 3. The molecule has 3 aromatic rings. The zero-order valence-electron chi connectivity index (χ0n) is 15.5. The summed E-state index contributed by atoms with van der Waals surface area (Å²) < 4.78 is 0. The number of nitrogens with zero attached hydrogens (tertiary/aromatic N) is 1. The Morgan fingerprint density at radius 2 is 1.75 bits per heavy atom. The molecule has 144 valence electrons. The summed E-state index contributed by atoms with van der Waals surface area (Å²) in [6.07, 6.45) is 4.22. The number of rotatable bonds is 7. The molecular formula is C22H21Cl2N3O. The lowest BCUT2D eigenvalue weighted by atomic mass is 10.1. The monoisotopic (exact) mass is 413 g/mol. The van der Waals surface area contributed by atoms with Crippen LogP contribution in [0.2, 0.25) is 10.0 Å². The lowest BCUT2D eigenvalue weighted by Gasteiger charge is -2.21. The molecule has 2 aromatic carbocycles. The standard InChI is InChI=1S/C22H21Cl2N3O/c1-15-2-7-20(19(24)14-15)27-21(17-3-5-18(23)6-4-17)22(28)26-13-10-16-8-11-25-12-9-16/h2-9,11-12,14,21,27H,10,13H2,1H3,(H,26,28). The van der Waals surface area contributed by atoms with Gasteiger partial charge >= 0.3 is 0 Å². The highest BCUT2D eigenvalue weighted by Gasteiger charge is 2.21. The number of amides is 1. The van der Waals surface area contributed by atoms with Gasteiger partial charge in [0.15, 0.2) is 0 Å². The van der Waals surface area contributed by atoms with Crippen LogP contribution in [0.15, 0.2) is 67.0 Å². The summed E-state index contributed by atoms with van der Waals surface area (Å²) in [6, 6.07) is 16.2. The average molecular weight is 414 g/mol. The average Bonchev–Trinajstić information content (AvgIpc) is 2.69. The van der Waals surface area contributed by atoms with Gasteiger partial charge in [-0.3, -0.25) is 9.78 Å². The van der Waals surface area contributed by atoms with E-state index in [4.69, 9.17) is 23.2 Å². The van der Waals surface area contributed by atoms with E-state index in [2.05, 4.69) is 15.6 Å². The minimum absolute atomic E-state index is 0.131. The third-order valence-corrected chi connectivity index (χ3v) is 4.92. The summed E-state index contributed by atoms with van der Waals surface area (Å²) in [5.41, 5.74) is 3.69. The van der Waals surface area contributed by atoms with Crippen LogP contribution >= 0.6 is 23.2 Å². The first-order valence-electron chi connectivity index (χ1n) is 8.98. The van der Waals surface area contributed by atoms with Crippen molar-refractivity contribution in [1.82, 2.24) is 10.3 Å². The van der Waals surface area contributed by atoms with Crippen molar-refractivity contribution in [2.24, 2.45) is 0 Å². The van der Waals surface area contributed by atoms with E-state index < -0.39 is 6.04 Å². The molecule has 1 heterocycles. The molecule has 0 aliphatic heterocycles. The van der Waals surface area contributed by atoms with Crippen LogP contribution in [-0.2, 0) is 11.2 Å². The van der Waals surface area contributed by atoms with E-state index in [1.807, 2.05) is 49.4 Å². The number of aromatic nitrogens is 1. The first kappa shape index (κ1) is 20.2. The Hall–Kier alpha value is -2.56. The zero-order valence-corrected chi connectivity index (χ0v) is 17.0. The second-order valence-corrected chi connectivity index (χ2v) is 7.35. The molecule has 2 N–H and O–H groups in total. The Labute approximate surface area is 174 Å². The molecule has 1 unspecified atom stereocenters. The number of aryl methyl sites for hydroxylation is 1. The second kappa shape index (κ2) is 9.58. The van der Waals surface area contributed by atoms with Gasteiger partial charge in [0.2, 0.25) is 5.91 Å². The van der Waals surface area contributed by atoms with Crippen LogP contribution in [0.25, 0.3) is 0 Å². The van der Waals surface area contributed by atoms with Crippen molar-refractivity contribution in [2.45, 2.75) is 19.4 Å². The van der Waals surface area contributed by atoms with Gasteiger partial charge in [-0.15, -0.1) is 0 Å². The number of carbonyl (C=O) groups is 1. The predicted molar refractivity (Wildman–Crippen MR) is 115 cm³/mol. The van der Waals surface area contributed by atoms with Crippen molar-refractivity contribution in [3.63, 3.8) is 0 Å². The first-order valence-corrected chi connectivity index (χ1v) is 9.73. The van der Waals surface area contributed by atoms with E-state index in [9.17, 15) is 4.79 Å². The molecule has 4 nitrogen and oxygen atoms in total. The summed E-state index contributed by atoms with van der Waals surface area (Å²) in [5, 5.41) is 7.45. The van der Waals surface area contributed by atoms with E-state index in [1.165, 1.54) is 0 Å². The van der Waals surface area contributed by atoms with Crippen LogP contribution in [0.5, 0.6) is 0 Å². The maximum absolute atomic E-state index is 12.9. The molecule has 0 saturated heterocycles. The molecule has 28 heavy (non-hydrogen) atoms. The van der Waals surface area contributed by atoms with Crippen LogP contribution in [0.1, 0.15) is 22.7 Å². The normalized spacial score (nSPS) is 11.7. The highest BCUT2D eigenvalue weighted by molar-refractivity contribution is 6.33. The van der Waals surface area contributed by atoms with E-state index in [-0.39, 0.29) is 5.91 Å². The maximum atomic E-state index is 12.9. The number of anilines is 1. The molecule has 0 saturated carbocycles. The molecule has 6 heteroatoms. The number of hydrogen-bond donors (Lipinski definition) is 2. The van der Waals surface area contributed by atoms with Gasteiger partial charge in [-0.1, -0.05) is 41.4 Å². The number of carbonyl (C=O) groups excluding carboxylic acids is 1. The fourth-order valence-corrected chi connectivity index (χ4v) is 3.25. The number of nitrogens with one attached hydrogen (secondary N) is 2. The quantitative estimate of drug-likeness (QED) is 0.558. The summed E-state index contributed by atoms with van der Waals surface area (Å²) in [5.74, 6) is -0.131. The summed E-state index contributed by atoms with van der Waals surface area (Å²) >= 11 is 12.4. The molecule has 0 fully saturated rings. The lowest BCUT2D eigenvalue weighted by Crippen LogP contribution is -2.34. The molecule has 0 spiro atoms. The maximum Gasteiger partial charge on any atom is 0.247 e. The van der Waals surface area contributed by atoms with Gasteiger partial charge in [0.05, 0.1) is 10.7 Å². The van der Waals surface area contributed by atoms with Crippen LogP contribution < -0.4 is 10.6 Å². The fraction of sp³-hybridized carbons (Fsp3) is 0.182. The van der Waals surface area contributed by atoms with Crippen molar-refractivity contribution < 1.29 is 4.79 Å². The summed E-state index contributed by atoms with van der Waals surface area (Å²) in [6.45, 7) is 2.49. The van der Waals surface area contributed by atoms with Gasteiger partial charge in [0.1, 0.15) is 6.04 Å². The van der Waals surface area contributed by atoms with E-state index in [0.717, 1.165) is 23.1 Å². The first-order chi connectivity index (χ1) is 13.5. The minimum Gasteiger partial charge on any atom is -0.369 e. The Morgan fingerprint density at radius 3 is 2.43 bits per heavy atom. The minimum atomic E-state index is -0.588. The Morgan fingerprint density at radius 1 is 1.04 bits per heavy atom. The molecule has 0 bridgehead atoms. The highest BCUT2D eigenvalue weighted by Crippen LogP contribution is 2.28. The summed E-state index contributed by atoms with van der Waals surface area (Å²) in [7, 11) is 0. The lowest BCUT2D eigenvalue weighted by molar-refractivity contribution is -0.121. The van der Waals surface area contributed by atoms with E-state index in [1.54, 1.807) is 24.5 Å². The molecule has 0 aliphatic carbocycles. The van der Waals surface area contributed by atoms with Gasteiger partial charge in [-0.2, -0.15) is 0 Å². The van der Waals surface area contributed by atoms with Crippen molar-refractivity contribution in [2.75, 3.05) is 11.9 Å². The molecule has 0 aliphatic rings. The van der Waals surface area contributed by atoms with E-state index >= 15 is 0 Å². The number of halogens is 2. The third kappa shape index (κ3) is 5.47. The largest absolute Gasteiger partial charge is 0.369 e. The summed E-state index contributed by atoms with van der Waals surface area (Å²) in [4.78, 5) is 16.9. The number of pyridine rings is 1.